The topological polar surface area (TPSA) is 54.5 Å². The zero-order chi connectivity index (χ0) is 16.2. The minimum Gasteiger partial charge on any atom is -0.378 e. The maximum Gasteiger partial charge on any atom is 0.225 e. The maximum absolute atomic E-state index is 12.3. The Morgan fingerprint density at radius 3 is 3.00 bits per heavy atom. The van der Waals surface area contributed by atoms with E-state index in [1.165, 1.54) is 0 Å². The van der Waals surface area contributed by atoms with Gasteiger partial charge in [0.15, 0.2) is 0 Å². The van der Waals surface area contributed by atoms with Gasteiger partial charge in [-0.25, -0.2) is 4.98 Å². The molecule has 1 aliphatic carbocycles. The van der Waals surface area contributed by atoms with Gasteiger partial charge in [0.1, 0.15) is 5.01 Å². The van der Waals surface area contributed by atoms with E-state index in [1.54, 1.807) is 18.4 Å². The number of rotatable bonds is 7. The van der Waals surface area contributed by atoms with Crippen molar-refractivity contribution in [2.45, 2.75) is 51.8 Å². The first kappa shape index (κ1) is 16.9. The van der Waals surface area contributed by atoms with Crippen LogP contribution in [0.25, 0.3) is 0 Å². The third kappa shape index (κ3) is 4.31. The summed E-state index contributed by atoms with van der Waals surface area (Å²) < 4.78 is 5.12. The molecule has 2 heterocycles. The third-order valence-electron chi connectivity index (χ3n) is 4.91. The molecular formula is C17H27N3O2S. The van der Waals surface area contributed by atoms with E-state index in [2.05, 4.69) is 27.5 Å². The van der Waals surface area contributed by atoms with Gasteiger partial charge in [0.2, 0.25) is 5.91 Å². The molecule has 1 saturated heterocycles. The van der Waals surface area contributed by atoms with E-state index in [1.807, 2.05) is 0 Å². The summed E-state index contributed by atoms with van der Waals surface area (Å²) in [5.74, 6) is 1.28. The molecule has 2 atom stereocenters. The second kappa shape index (κ2) is 7.73. The van der Waals surface area contributed by atoms with E-state index in [0.29, 0.717) is 30.4 Å². The lowest BCUT2D eigenvalue weighted by Crippen LogP contribution is -2.51. The van der Waals surface area contributed by atoms with Gasteiger partial charge in [0.05, 0.1) is 12.3 Å². The fraction of sp³-hybridized carbons (Fsp3) is 0.765. The number of nitrogens with one attached hydrogen (secondary N) is 1. The average molecular weight is 337 g/mol. The molecule has 128 valence electrons. The maximum atomic E-state index is 12.3. The van der Waals surface area contributed by atoms with Gasteiger partial charge in [-0.2, -0.15) is 0 Å². The van der Waals surface area contributed by atoms with Crippen LogP contribution < -0.4 is 5.32 Å². The van der Waals surface area contributed by atoms with Crippen molar-refractivity contribution in [1.29, 1.82) is 0 Å². The van der Waals surface area contributed by atoms with Crippen molar-refractivity contribution in [2.24, 2.45) is 11.8 Å². The van der Waals surface area contributed by atoms with Gasteiger partial charge in [-0.1, -0.05) is 13.3 Å². The normalized spacial score (nSPS) is 24.9. The predicted octanol–water partition coefficient (Wildman–Crippen LogP) is 2.42. The Morgan fingerprint density at radius 1 is 1.48 bits per heavy atom. The molecule has 23 heavy (non-hydrogen) atoms. The van der Waals surface area contributed by atoms with E-state index in [0.717, 1.165) is 56.0 Å². The van der Waals surface area contributed by atoms with E-state index < -0.39 is 0 Å². The van der Waals surface area contributed by atoms with Crippen LogP contribution in [-0.4, -0.2) is 42.0 Å². The van der Waals surface area contributed by atoms with E-state index in [4.69, 9.17) is 4.74 Å². The molecule has 1 N–H and O–H groups in total. The lowest BCUT2D eigenvalue weighted by Gasteiger charge is -2.39. The smallest absolute Gasteiger partial charge is 0.225 e. The van der Waals surface area contributed by atoms with Crippen LogP contribution in [0.1, 0.15) is 43.3 Å². The number of nitrogens with zero attached hydrogens (tertiary/aromatic N) is 2. The molecule has 1 saturated carbocycles. The Bertz CT molecular complexity index is 530. The van der Waals surface area contributed by atoms with E-state index in [-0.39, 0.29) is 0 Å². The van der Waals surface area contributed by atoms with Crippen LogP contribution >= 0.6 is 11.3 Å². The highest BCUT2D eigenvalue weighted by Gasteiger charge is 2.37. The van der Waals surface area contributed by atoms with Crippen LogP contribution in [0.3, 0.4) is 0 Å². The zero-order valence-electron chi connectivity index (χ0n) is 14.1. The summed E-state index contributed by atoms with van der Waals surface area (Å²) >= 11 is 1.65. The number of hydrogen-bond acceptors (Lipinski definition) is 5. The van der Waals surface area contributed by atoms with Gasteiger partial charge in [-0.05, 0) is 25.2 Å². The van der Waals surface area contributed by atoms with Crippen LogP contribution in [-0.2, 0) is 22.7 Å². The average Bonchev–Trinajstić information content (AvgIpc) is 3.33. The lowest BCUT2D eigenvalue weighted by atomic mass is 9.89. The Labute approximate surface area is 142 Å². The number of amides is 1. The van der Waals surface area contributed by atoms with E-state index in [9.17, 15) is 4.79 Å². The van der Waals surface area contributed by atoms with Crippen molar-refractivity contribution < 1.29 is 9.53 Å². The SMILES string of the molecule is CCC1CN(C(=O)C2CC2)CCC1NCc1csc(COC)n1. The molecule has 1 amide bonds. The summed E-state index contributed by atoms with van der Waals surface area (Å²) in [6.45, 7) is 5.43. The van der Waals surface area contributed by atoms with E-state index >= 15 is 0 Å². The fourth-order valence-corrected chi connectivity index (χ4v) is 4.12. The van der Waals surface area contributed by atoms with Gasteiger partial charge < -0.3 is 15.0 Å². The second-order valence-corrected chi connectivity index (χ2v) is 7.61. The highest BCUT2D eigenvalue weighted by Crippen LogP contribution is 2.33. The van der Waals surface area contributed by atoms with Crippen molar-refractivity contribution in [2.75, 3.05) is 20.2 Å². The largest absolute Gasteiger partial charge is 0.378 e. The summed E-state index contributed by atoms with van der Waals surface area (Å²) in [5, 5.41) is 6.80. The molecule has 0 spiro atoms. The van der Waals surface area contributed by atoms with Gasteiger partial charge in [0.25, 0.3) is 0 Å². The third-order valence-corrected chi connectivity index (χ3v) is 5.78. The van der Waals surface area contributed by atoms with Gasteiger partial charge in [0, 0.05) is 44.1 Å². The molecule has 2 unspecified atom stereocenters. The van der Waals surface area contributed by atoms with Gasteiger partial charge in [-0.15, -0.1) is 11.3 Å². The van der Waals surface area contributed by atoms with Gasteiger partial charge >= 0.3 is 0 Å². The standard InChI is InChI=1S/C17H27N3O2S/c1-3-12-9-20(17(21)13-4-5-13)7-6-15(12)18-8-14-11-23-16(19-14)10-22-2/h11-13,15,18H,3-10H2,1-2H3. The van der Waals surface area contributed by atoms with Crippen molar-refractivity contribution in [1.82, 2.24) is 15.2 Å². The van der Waals surface area contributed by atoms with Crippen molar-refractivity contribution >= 4 is 17.2 Å². The molecule has 5 nitrogen and oxygen atoms in total. The number of carbonyl (C=O) groups excluding carboxylic acids is 1. The summed E-state index contributed by atoms with van der Waals surface area (Å²) in [6.07, 6.45) is 4.35. The minimum absolute atomic E-state index is 0.339. The van der Waals surface area contributed by atoms with Crippen LogP contribution in [0.4, 0.5) is 0 Å². The molecule has 1 aromatic heterocycles. The number of aromatic nitrogens is 1. The number of likely N-dealkylation sites (tertiary alicyclic amines) is 1. The predicted molar refractivity (Wildman–Crippen MR) is 91.2 cm³/mol. The lowest BCUT2D eigenvalue weighted by molar-refractivity contribution is -0.134. The van der Waals surface area contributed by atoms with Crippen LogP contribution in [0.15, 0.2) is 5.38 Å². The second-order valence-electron chi connectivity index (χ2n) is 6.67. The Balaban J connectivity index is 1.50. The number of ether oxygens (including phenoxy) is 1. The van der Waals surface area contributed by atoms with Crippen LogP contribution in [0.5, 0.6) is 0 Å². The molecule has 0 radical (unpaired) electrons. The molecule has 0 bridgehead atoms. The van der Waals surface area contributed by atoms with Crippen molar-refractivity contribution in [3.8, 4) is 0 Å². The number of thiazole rings is 1. The number of piperidine rings is 1. The number of methoxy groups -OCH3 is 1. The Hall–Kier alpha value is -0.980. The Morgan fingerprint density at radius 2 is 2.30 bits per heavy atom. The molecule has 1 aliphatic heterocycles. The van der Waals surface area contributed by atoms with Gasteiger partial charge in [-0.3, -0.25) is 4.79 Å². The van der Waals surface area contributed by atoms with Crippen LogP contribution in [0.2, 0.25) is 0 Å². The molecule has 2 fully saturated rings. The minimum atomic E-state index is 0.339. The summed E-state index contributed by atoms with van der Waals surface area (Å²) in [6, 6.07) is 0.482. The first-order chi connectivity index (χ1) is 11.2. The molecule has 1 aromatic rings. The summed E-state index contributed by atoms with van der Waals surface area (Å²) in [5.41, 5.74) is 1.09. The molecule has 3 rings (SSSR count). The zero-order valence-corrected chi connectivity index (χ0v) is 14.9. The Kier molecular flexibility index (Phi) is 5.67. The monoisotopic (exact) mass is 337 g/mol. The molecule has 2 aliphatic rings. The summed E-state index contributed by atoms with van der Waals surface area (Å²) in [4.78, 5) is 18.9. The highest BCUT2D eigenvalue weighted by molar-refractivity contribution is 7.09. The molecule has 6 heteroatoms. The quantitative estimate of drug-likeness (QED) is 0.830. The highest BCUT2D eigenvalue weighted by atomic mass is 32.1. The fourth-order valence-electron chi connectivity index (χ4n) is 3.36. The van der Waals surface area contributed by atoms with Crippen molar-refractivity contribution in [3.05, 3.63) is 16.1 Å². The first-order valence-corrected chi connectivity index (χ1v) is 9.53. The first-order valence-electron chi connectivity index (χ1n) is 8.65. The number of hydrogen-bond donors (Lipinski definition) is 1. The summed E-state index contributed by atoms with van der Waals surface area (Å²) in [7, 11) is 1.70. The number of carbonyl (C=O) groups is 1. The van der Waals surface area contributed by atoms with Crippen molar-refractivity contribution in [3.63, 3.8) is 0 Å². The molecule has 0 aromatic carbocycles. The van der Waals surface area contributed by atoms with Crippen LogP contribution in [0, 0.1) is 11.8 Å². The molecular weight excluding hydrogens is 310 g/mol.